The molecule has 17 heavy (non-hydrogen) atoms. The quantitative estimate of drug-likeness (QED) is 0.938. The molecule has 7 heteroatoms. The van der Waals surface area contributed by atoms with Crippen molar-refractivity contribution in [3.05, 3.63) is 40.4 Å². The summed E-state index contributed by atoms with van der Waals surface area (Å²) in [6, 6.07) is 4.33. The second kappa shape index (κ2) is 4.62. The van der Waals surface area contributed by atoms with Crippen molar-refractivity contribution in [2.75, 3.05) is 0 Å². The Hall–Kier alpha value is -1.76. The molecular formula is C10H7BrFN3O2. The van der Waals surface area contributed by atoms with Gasteiger partial charge in [0.1, 0.15) is 11.5 Å². The van der Waals surface area contributed by atoms with E-state index < -0.39 is 11.8 Å². The molecule has 88 valence electrons. The fraction of sp³-hybridized carbons (Fsp3) is 0.100. The van der Waals surface area contributed by atoms with Crippen LogP contribution in [0.15, 0.2) is 28.9 Å². The van der Waals surface area contributed by atoms with Crippen molar-refractivity contribution in [2.24, 2.45) is 0 Å². The first-order chi connectivity index (χ1) is 8.08. The van der Waals surface area contributed by atoms with Gasteiger partial charge in [-0.2, -0.15) is 0 Å². The lowest BCUT2D eigenvalue weighted by Gasteiger charge is -2.06. The molecule has 0 saturated heterocycles. The number of nitrogens with zero attached hydrogens (tertiary/aromatic N) is 3. The van der Waals surface area contributed by atoms with Crippen LogP contribution in [0.3, 0.4) is 0 Å². The van der Waals surface area contributed by atoms with E-state index in [0.717, 1.165) is 0 Å². The van der Waals surface area contributed by atoms with Crippen molar-refractivity contribution in [2.45, 2.75) is 6.42 Å². The lowest BCUT2D eigenvalue weighted by atomic mass is 10.2. The van der Waals surface area contributed by atoms with E-state index in [2.05, 4.69) is 26.2 Å². The number of rotatable bonds is 3. The SMILES string of the molecule is O=C(O)Cc1cnnn1-c1cc(Br)ccc1F. The molecule has 2 rings (SSSR count). The van der Waals surface area contributed by atoms with Crippen molar-refractivity contribution in [3.8, 4) is 5.69 Å². The smallest absolute Gasteiger partial charge is 0.309 e. The van der Waals surface area contributed by atoms with E-state index in [1.165, 1.54) is 23.0 Å². The van der Waals surface area contributed by atoms with Gasteiger partial charge in [-0.05, 0) is 18.2 Å². The normalized spacial score (nSPS) is 10.5. The average Bonchev–Trinajstić information content (AvgIpc) is 2.69. The van der Waals surface area contributed by atoms with Gasteiger partial charge in [0.2, 0.25) is 0 Å². The largest absolute Gasteiger partial charge is 0.481 e. The zero-order chi connectivity index (χ0) is 12.4. The zero-order valence-electron chi connectivity index (χ0n) is 8.47. The summed E-state index contributed by atoms with van der Waals surface area (Å²) in [6.07, 6.45) is 1.04. The van der Waals surface area contributed by atoms with E-state index >= 15 is 0 Å². The Morgan fingerprint density at radius 3 is 3.00 bits per heavy atom. The second-order valence-electron chi connectivity index (χ2n) is 3.30. The number of hydrogen-bond acceptors (Lipinski definition) is 3. The molecule has 0 amide bonds. The Morgan fingerprint density at radius 2 is 2.29 bits per heavy atom. The number of aromatic nitrogens is 3. The number of carboxylic acid groups (broad SMARTS) is 1. The molecule has 0 bridgehead atoms. The first-order valence-electron chi connectivity index (χ1n) is 4.64. The predicted octanol–water partition coefficient (Wildman–Crippen LogP) is 1.80. The summed E-state index contributed by atoms with van der Waals surface area (Å²) in [4.78, 5) is 10.6. The van der Waals surface area contributed by atoms with E-state index in [0.29, 0.717) is 10.2 Å². The summed E-state index contributed by atoms with van der Waals surface area (Å²) >= 11 is 3.21. The van der Waals surface area contributed by atoms with Gasteiger partial charge in [-0.3, -0.25) is 4.79 Å². The van der Waals surface area contributed by atoms with Crippen LogP contribution in [-0.2, 0) is 11.2 Å². The molecule has 0 aliphatic carbocycles. The van der Waals surface area contributed by atoms with E-state index in [1.54, 1.807) is 6.07 Å². The van der Waals surface area contributed by atoms with Crippen LogP contribution in [0.4, 0.5) is 4.39 Å². The summed E-state index contributed by atoms with van der Waals surface area (Å²) in [7, 11) is 0. The minimum absolute atomic E-state index is 0.160. The molecule has 0 aliphatic rings. The topological polar surface area (TPSA) is 68.0 Å². The first kappa shape index (κ1) is 11.7. The molecule has 5 nitrogen and oxygen atoms in total. The Labute approximate surface area is 104 Å². The van der Waals surface area contributed by atoms with Gasteiger partial charge in [-0.15, -0.1) is 5.10 Å². The van der Waals surface area contributed by atoms with Crippen molar-refractivity contribution in [1.82, 2.24) is 15.0 Å². The van der Waals surface area contributed by atoms with Gasteiger partial charge in [0.05, 0.1) is 18.3 Å². The number of halogens is 2. The fourth-order valence-corrected chi connectivity index (χ4v) is 1.73. The lowest BCUT2D eigenvalue weighted by Crippen LogP contribution is -2.09. The van der Waals surface area contributed by atoms with Gasteiger partial charge < -0.3 is 5.11 Å². The van der Waals surface area contributed by atoms with Crippen LogP contribution >= 0.6 is 15.9 Å². The molecule has 1 N–H and O–H groups in total. The number of benzene rings is 1. The molecule has 1 heterocycles. The summed E-state index contributed by atoms with van der Waals surface area (Å²) < 4.78 is 15.4. The van der Waals surface area contributed by atoms with E-state index in [4.69, 9.17) is 5.11 Å². The van der Waals surface area contributed by atoms with Crippen molar-refractivity contribution >= 4 is 21.9 Å². The van der Waals surface area contributed by atoms with E-state index in [-0.39, 0.29) is 12.1 Å². The summed E-state index contributed by atoms with van der Waals surface area (Å²) in [5.74, 6) is -1.52. The molecular weight excluding hydrogens is 293 g/mol. The summed E-state index contributed by atoms with van der Waals surface area (Å²) in [6.45, 7) is 0. The first-order valence-corrected chi connectivity index (χ1v) is 5.44. The van der Waals surface area contributed by atoms with Gasteiger partial charge in [0.25, 0.3) is 0 Å². The molecule has 0 spiro atoms. The number of hydrogen-bond donors (Lipinski definition) is 1. The molecule has 1 aromatic carbocycles. The predicted molar refractivity (Wildman–Crippen MR) is 60.4 cm³/mol. The van der Waals surface area contributed by atoms with Gasteiger partial charge in [-0.1, -0.05) is 21.1 Å². The third-order valence-electron chi connectivity index (χ3n) is 2.09. The highest BCUT2D eigenvalue weighted by atomic mass is 79.9. The second-order valence-corrected chi connectivity index (χ2v) is 4.22. The maximum atomic E-state index is 13.6. The van der Waals surface area contributed by atoms with Gasteiger partial charge >= 0.3 is 5.97 Å². The fourth-order valence-electron chi connectivity index (χ4n) is 1.38. The molecule has 0 saturated carbocycles. The number of carbonyl (C=O) groups is 1. The summed E-state index contributed by atoms with van der Waals surface area (Å²) in [5, 5.41) is 16.0. The molecule has 1 aromatic heterocycles. The number of aliphatic carboxylic acids is 1. The van der Waals surface area contributed by atoms with Crippen molar-refractivity contribution in [3.63, 3.8) is 0 Å². The maximum absolute atomic E-state index is 13.6. The molecule has 2 aromatic rings. The molecule has 0 unspecified atom stereocenters. The van der Waals surface area contributed by atoms with Crippen LogP contribution < -0.4 is 0 Å². The minimum atomic E-state index is -1.02. The highest BCUT2D eigenvalue weighted by Crippen LogP contribution is 2.19. The van der Waals surface area contributed by atoms with Crippen LogP contribution in [0, 0.1) is 5.82 Å². The van der Waals surface area contributed by atoms with Crippen LogP contribution in [0.5, 0.6) is 0 Å². The highest BCUT2D eigenvalue weighted by molar-refractivity contribution is 9.10. The van der Waals surface area contributed by atoms with Gasteiger partial charge in [0, 0.05) is 4.47 Å². The van der Waals surface area contributed by atoms with E-state index in [9.17, 15) is 9.18 Å². The third kappa shape index (κ3) is 2.50. The average molecular weight is 300 g/mol. The van der Waals surface area contributed by atoms with Crippen LogP contribution in [-0.4, -0.2) is 26.1 Å². The molecule has 0 radical (unpaired) electrons. The summed E-state index contributed by atoms with van der Waals surface area (Å²) in [5.41, 5.74) is 0.475. The minimum Gasteiger partial charge on any atom is -0.481 e. The van der Waals surface area contributed by atoms with Gasteiger partial charge in [-0.25, -0.2) is 9.07 Å². The zero-order valence-corrected chi connectivity index (χ0v) is 10.1. The number of carboxylic acids is 1. The molecule has 0 atom stereocenters. The Balaban J connectivity index is 2.49. The standard InChI is InChI=1S/C10H7BrFN3O2/c11-6-1-2-8(12)9(3-6)15-7(4-10(16)17)5-13-14-15/h1-3,5H,4H2,(H,16,17). The highest BCUT2D eigenvalue weighted by Gasteiger charge is 2.13. The molecule has 0 fully saturated rings. The monoisotopic (exact) mass is 299 g/mol. The van der Waals surface area contributed by atoms with Crippen LogP contribution in [0.25, 0.3) is 5.69 Å². The van der Waals surface area contributed by atoms with Crippen molar-refractivity contribution < 1.29 is 14.3 Å². The Morgan fingerprint density at radius 1 is 1.53 bits per heavy atom. The van der Waals surface area contributed by atoms with Crippen LogP contribution in [0.2, 0.25) is 0 Å². The van der Waals surface area contributed by atoms with E-state index in [1.807, 2.05) is 0 Å². The van der Waals surface area contributed by atoms with Gasteiger partial charge in [0.15, 0.2) is 0 Å². The van der Waals surface area contributed by atoms with Crippen LogP contribution in [0.1, 0.15) is 5.69 Å². The lowest BCUT2D eigenvalue weighted by molar-refractivity contribution is -0.136. The molecule has 0 aliphatic heterocycles. The third-order valence-corrected chi connectivity index (χ3v) is 2.58. The van der Waals surface area contributed by atoms with Crippen molar-refractivity contribution in [1.29, 1.82) is 0 Å². The maximum Gasteiger partial charge on any atom is 0.309 e. The Bertz CT molecular complexity index is 570. The Kier molecular flexibility index (Phi) is 3.19.